The van der Waals surface area contributed by atoms with E-state index in [0.29, 0.717) is 24.7 Å². The SMILES string of the molecule is Cc1ccc(CNC(=O)N(Cc2sccc2C)C2CC2)cc1F. The van der Waals surface area contributed by atoms with Crippen molar-refractivity contribution in [2.24, 2.45) is 0 Å². The van der Waals surface area contributed by atoms with Crippen LogP contribution in [0.5, 0.6) is 0 Å². The van der Waals surface area contributed by atoms with Crippen LogP contribution in [0.2, 0.25) is 0 Å². The molecule has 0 aliphatic heterocycles. The van der Waals surface area contributed by atoms with Gasteiger partial charge in [-0.05, 0) is 60.9 Å². The highest BCUT2D eigenvalue weighted by molar-refractivity contribution is 7.10. The number of hydrogen-bond donors (Lipinski definition) is 1. The lowest BCUT2D eigenvalue weighted by Gasteiger charge is -2.23. The van der Waals surface area contributed by atoms with Gasteiger partial charge >= 0.3 is 6.03 Å². The van der Waals surface area contributed by atoms with Crippen LogP contribution >= 0.6 is 11.3 Å². The maximum atomic E-state index is 13.6. The van der Waals surface area contributed by atoms with Crippen LogP contribution in [0.25, 0.3) is 0 Å². The van der Waals surface area contributed by atoms with E-state index < -0.39 is 0 Å². The molecule has 0 unspecified atom stereocenters. The molecule has 1 aliphatic rings. The average Bonchev–Trinajstić information content (AvgIpc) is 3.29. The number of carbonyl (C=O) groups is 1. The van der Waals surface area contributed by atoms with Gasteiger partial charge in [-0.2, -0.15) is 0 Å². The van der Waals surface area contributed by atoms with Gasteiger partial charge in [-0.25, -0.2) is 9.18 Å². The maximum Gasteiger partial charge on any atom is 0.318 e. The van der Waals surface area contributed by atoms with Gasteiger partial charge in [-0.15, -0.1) is 11.3 Å². The second-order valence-corrected chi connectivity index (χ2v) is 7.13. The van der Waals surface area contributed by atoms with E-state index in [9.17, 15) is 9.18 Å². The number of benzene rings is 1. The molecule has 1 saturated carbocycles. The molecule has 1 aromatic heterocycles. The lowest BCUT2D eigenvalue weighted by atomic mass is 10.1. The quantitative estimate of drug-likeness (QED) is 0.866. The van der Waals surface area contributed by atoms with E-state index in [4.69, 9.17) is 0 Å². The maximum absolute atomic E-state index is 13.6. The Kier molecular flexibility index (Phi) is 4.66. The lowest BCUT2D eigenvalue weighted by Crippen LogP contribution is -2.40. The highest BCUT2D eigenvalue weighted by Crippen LogP contribution is 2.30. The Balaban J connectivity index is 1.62. The van der Waals surface area contributed by atoms with Gasteiger partial charge in [0.25, 0.3) is 0 Å². The standard InChI is InChI=1S/C18H21FN2OS/c1-12-3-4-14(9-16(12)19)10-20-18(22)21(15-5-6-15)11-17-13(2)7-8-23-17/h3-4,7-9,15H,5-6,10-11H2,1-2H3,(H,20,22). The van der Waals surface area contributed by atoms with Gasteiger partial charge < -0.3 is 10.2 Å². The van der Waals surface area contributed by atoms with Crippen LogP contribution in [0.3, 0.4) is 0 Å². The molecule has 0 atom stereocenters. The number of hydrogen-bond acceptors (Lipinski definition) is 2. The highest BCUT2D eigenvalue weighted by atomic mass is 32.1. The van der Waals surface area contributed by atoms with Gasteiger partial charge in [0.15, 0.2) is 0 Å². The Bertz CT molecular complexity index is 709. The summed E-state index contributed by atoms with van der Waals surface area (Å²) < 4.78 is 13.6. The van der Waals surface area contributed by atoms with Crippen molar-refractivity contribution in [1.82, 2.24) is 10.2 Å². The summed E-state index contributed by atoms with van der Waals surface area (Å²) in [6.07, 6.45) is 2.13. The molecular weight excluding hydrogens is 311 g/mol. The van der Waals surface area contributed by atoms with Crippen molar-refractivity contribution in [2.45, 2.75) is 45.8 Å². The van der Waals surface area contributed by atoms with Crippen molar-refractivity contribution >= 4 is 17.4 Å². The molecule has 5 heteroatoms. The predicted octanol–water partition coefficient (Wildman–Crippen LogP) is 4.38. The number of rotatable bonds is 5. The molecule has 0 spiro atoms. The smallest absolute Gasteiger partial charge is 0.318 e. The van der Waals surface area contributed by atoms with Gasteiger partial charge in [-0.1, -0.05) is 12.1 Å². The third-order valence-electron chi connectivity index (χ3n) is 4.21. The summed E-state index contributed by atoms with van der Waals surface area (Å²) in [7, 11) is 0. The van der Waals surface area contributed by atoms with Crippen LogP contribution in [-0.4, -0.2) is 17.0 Å². The molecule has 1 fully saturated rings. The van der Waals surface area contributed by atoms with E-state index in [1.54, 1.807) is 24.3 Å². The van der Waals surface area contributed by atoms with Crippen LogP contribution in [0.15, 0.2) is 29.6 Å². The van der Waals surface area contributed by atoms with Crippen molar-refractivity contribution in [3.63, 3.8) is 0 Å². The number of nitrogens with zero attached hydrogens (tertiary/aromatic N) is 1. The van der Waals surface area contributed by atoms with Crippen LogP contribution in [0.4, 0.5) is 9.18 Å². The van der Waals surface area contributed by atoms with Gasteiger partial charge in [-0.3, -0.25) is 0 Å². The van der Waals surface area contributed by atoms with Crippen molar-refractivity contribution in [1.29, 1.82) is 0 Å². The fraction of sp³-hybridized carbons (Fsp3) is 0.389. The van der Waals surface area contributed by atoms with E-state index in [1.807, 2.05) is 11.0 Å². The molecular formula is C18H21FN2OS. The Labute approximate surface area is 140 Å². The van der Waals surface area contributed by atoms with Gasteiger partial charge in [0.1, 0.15) is 5.82 Å². The topological polar surface area (TPSA) is 32.3 Å². The number of urea groups is 1. The number of amides is 2. The molecule has 2 amide bonds. The van der Waals surface area contributed by atoms with Gasteiger partial charge in [0.05, 0.1) is 6.54 Å². The number of aryl methyl sites for hydroxylation is 2. The van der Waals surface area contributed by atoms with E-state index in [-0.39, 0.29) is 11.8 Å². The minimum Gasteiger partial charge on any atom is -0.334 e. The molecule has 1 N–H and O–H groups in total. The highest BCUT2D eigenvalue weighted by Gasteiger charge is 2.32. The molecule has 1 aliphatic carbocycles. The monoisotopic (exact) mass is 332 g/mol. The summed E-state index contributed by atoms with van der Waals surface area (Å²) in [6, 6.07) is 7.43. The van der Waals surface area contributed by atoms with E-state index in [1.165, 1.54) is 16.5 Å². The van der Waals surface area contributed by atoms with E-state index in [2.05, 4.69) is 23.7 Å². The summed E-state index contributed by atoms with van der Waals surface area (Å²) in [5, 5.41) is 4.98. The first kappa shape index (κ1) is 16.0. The molecule has 3 nitrogen and oxygen atoms in total. The molecule has 0 radical (unpaired) electrons. The molecule has 3 rings (SSSR count). The molecule has 2 aromatic rings. The molecule has 0 saturated heterocycles. The van der Waals surface area contributed by atoms with Crippen molar-refractivity contribution in [3.8, 4) is 0 Å². The minimum atomic E-state index is -0.231. The summed E-state index contributed by atoms with van der Waals surface area (Å²) in [5.74, 6) is -0.231. The van der Waals surface area contributed by atoms with E-state index >= 15 is 0 Å². The zero-order valence-corrected chi connectivity index (χ0v) is 14.3. The first-order valence-corrected chi connectivity index (χ1v) is 8.75. The van der Waals surface area contributed by atoms with Crippen LogP contribution in [0.1, 0.15) is 34.4 Å². The predicted molar refractivity (Wildman–Crippen MR) is 91.0 cm³/mol. The average molecular weight is 332 g/mol. The summed E-state index contributed by atoms with van der Waals surface area (Å²) in [6.45, 7) is 4.81. The number of thiophene rings is 1. The third kappa shape index (κ3) is 3.91. The second kappa shape index (κ2) is 6.71. The molecule has 23 heavy (non-hydrogen) atoms. The van der Waals surface area contributed by atoms with Crippen LogP contribution in [0, 0.1) is 19.7 Å². The first-order valence-electron chi connectivity index (χ1n) is 7.87. The van der Waals surface area contributed by atoms with Crippen LogP contribution < -0.4 is 5.32 Å². The summed E-state index contributed by atoms with van der Waals surface area (Å²) in [5.41, 5.74) is 2.63. The molecule has 1 aromatic carbocycles. The van der Waals surface area contributed by atoms with Crippen molar-refractivity contribution < 1.29 is 9.18 Å². The third-order valence-corrected chi connectivity index (χ3v) is 5.22. The zero-order valence-electron chi connectivity index (χ0n) is 13.4. The lowest BCUT2D eigenvalue weighted by molar-refractivity contribution is 0.192. The second-order valence-electron chi connectivity index (χ2n) is 6.13. The number of halogens is 1. The Morgan fingerprint density at radius 3 is 2.70 bits per heavy atom. The summed E-state index contributed by atoms with van der Waals surface area (Å²) in [4.78, 5) is 15.6. The number of carbonyl (C=O) groups excluding carboxylic acids is 1. The van der Waals surface area contributed by atoms with Crippen molar-refractivity contribution in [3.05, 3.63) is 57.0 Å². The number of nitrogens with one attached hydrogen (secondary N) is 1. The molecule has 122 valence electrons. The zero-order chi connectivity index (χ0) is 16.4. The minimum absolute atomic E-state index is 0.0683. The van der Waals surface area contributed by atoms with Crippen molar-refractivity contribution in [2.75, 3.05) is 0 Å². The van der Waals surface area contributed by atoms with Crippen LogP contribution in [-0.2, 0) is 13.1 Å². The van der Waals surface area contributed by atoms with Gasteiger partial charge in [0.2, 0.25) is 0 Å². The van der Waals surface area contributed by atoms with Gasteiger partial charge in [0, 0.05) is 17.5 Å². The Morgan fingerprint density at radius 2 is 2.09 bits per heavy atom. The normalized spacial score (nSPS) is 13.9. The molecule has 0 bridgehead atoms. The fourth-order valence-electron chi connectivity index (χ4n) is 2.50. The van der Waals surface area contributed by atoms with E-state index in [0.717, 1.165) is 18.4 Å². The molecule has 1 heterocycles. The summed E-state index contributed by atoms with van der Waals surface area (Å²) >= 11 is 1.69. The fourth-order valence-corrected chi connectivity index (χ4v) is 3.40. The Hall–Kier alpha value is -1.88. The Morgan fingerprint density at radius 1 is 1.30 bits per heavy atom. The largest absolute Gasteiger partial charge is 0.334 e. The first-order chi connectivity index (χ1) is 11.0.